The molecule has 0 aliphatic carbocycles. The van der Waals surface area contributed by atoms with Crippen LogP contribution in [0.5, 0.6) is 0 Å². The van der Waals surface area contributed by atoms with Crippen LogP contribution in [0.2, 0.25) is 0 Å². The van der Waals surface area contributed by atoms with Crippen LogP contribution in [0.4, 0.5) is 0 Å². The van der Waals surface area contributed by atoms with Gasteiger partial charge in [-0.05, 0) is 32.1 Å². The molecule has 38 heavy (non-hydrogen) atoms. The van der Waals surface area contributed by atoms with Gasteiger partial charge in [0.15, 0.2) is 11.9 Å². The van der Waals surface area contributed by atoms with E-state index in [1.807, 2.05) is 0 Å². The Kier molecular flexibility index (Phi) is 16.6. The molecule has 18 heteroatoms. The molecule has 0 radical (unpaired) electrons. The number of nitrogens with one attached hydrogen (secondary N) is 3. The number of aliphatic imine (C=N–C) groups is 2. The molecule has 0 aliphatic rings. The quantitative estimate of drug-likeness (QED) is 0.0307. The summed E-state index contributed by atoms with van der Waals surface area (Å²) in [6, 6.07) is -4.82. The molecule has 0 bridgehead atoms. The molecule has 0 aromatic rings. The summed E-state index contributed by atoms with van der Waals surface area (Å²) in [6.07, 6.45) is 0.425. The minimum absolute atomic E-state index is 0.0219. The van der Waals surface area contributed by atoms with E-state index in [0.29, 0.717) is 6.42 Å². The highest BCUT2D eigenvalue weighted by atomic mass is 32.1. The molecule has 4 unspecified atom stereocenters. The maximum absolute atomic E-state index is 13.1. The van der Waals surface area contributed by atoms with Gasteiger partial charge in [-0.2, -0.15) is 12.6 Å². The summed E-state index contributed by atoms with van der Waals surface area (Å²) in [6.45, 7) is 0.378. The van der Waals surface area contributed by atoms with Crippen LogP contribution in [0.25, 0.3) is 0 Å². The number of aliphatic carboxylic acids is 1. The van der Waals surface area contributed by atoms with E-state index < -0.39 is 53.8 Å². The minimum atomic E-state index is -1.32. The Labute approximate surface area is 225 Å². The molecule has 0 spiro atoms. The molecule has 4 amide bonds. The number of guanidine groups is 2. The lowest BCUT2D eigenvalue weighted by Crippen LogP contribution is -2.57. The number of thiol groups is 1. The Morgan fingerprint density at radius 1 is 0.711 bits per heavy atom. The lowest BCUT2D eigenvalue weighted by atomic mass is 10.1. The van der Waals surface area contributed by atoms with Crippen LogP contribution < -0.4 is 50.4 Å². The molecule has 0 saturated carbocycles. The second-order valence-electron chi connectivity index (χ2n) is 8.21. The minimum Gasteiger partial charge on any atom is -0.480 e. The molecule has 0 aliphatic heterocycles. The summed E-state index contributed by atoms with van der Waals surface area (Å²) >= 11 is 3.90. The van der Waals surface area contributed by atoms with Crippen molar-refractivity contribution in [1.82, 2.24) is 16.0 Å². The second-order valence-corrected chi connectivity index (χ2v) is 8.58. The molecule has 17 nitrogen and oxygen atoms in total. The van der Waals surface area contributed by atoms with Crippen LogP contribution in [0.1, 0.15) is 38.5 Å². The van der Waals surface area contributed by atoms with Gasteiger partial charge in [-0.25, -0.2) is 4.79 Å². The number of hydrogen-bond acceptors (Lipinski definition) is 9. The first-order chi connectivity index (χ1) is 17.8. The Morgan fingerprint density at radius 3 is 1.61 bits per heavy atom. The lowest BCUT2D eigenvalue weighted by molar-refractivity contribution is -0.141. The Balaban J connectivity index is 5.53. The van der Waals surface area contributed by atoms with Crippen molar-refractivity contribution >= 4 is 54.1 Å². The van der Waals surface area contributed by atoms with Crippen molar-refractivity contribution in [3.8, 4) is 0 Å². The number of hydrogen-bond donors (Lipinski definition) is 11. The Hall–Kier alpha value is -3.80. The number of carboxylic acids is 1. The maximum Gasteiger partial charge on any atom is 0.327 e. The zero-order chi connectivity index (χ0) is 29.3. The van der Waals surface area contributed by atoms with Crippen molar-refractivity contribution in [1.29, 1.82) is 0 Å². The van der Waals surface area contributed by atoms with E-state index in [0.717, 1.165) is 0 Å². The topological polar surface area (TPSA) is 323 Å². The van der Waals surface area contributed by atoms with E-state index in [4.69, 9.17) is 34.4 Å². The van der Waals surface area contributed by atoms with E-state index in [9.17, 15) is 29.1 Å². The molecule has 16 N–H and O–H groups in total. The number of nitrogens with zero attached hydrogens (tertiary/aromatic N) is 2. The van der Waals surface area contributed by atoms with Gasteiger partial charge < -0.3 is 55.5 Å². The summed E-state index contributed by atoms with van der Waals surface area (Å²) in [5.41, 5.74) is 32.1. The first kappa shape index (κ1) is 34.2. The fourth-order valence-corrected chi connectivity index (χ4v) is 3.23. The van der Waals surface area contributed by atoms with Crippen LogP contribution in [0.15, 0.2) is 9.98 Å². The van der Waals surface area contributed by atoms with Gasteiger partial charge in [0.25, 0.3) is 0 Å². The van der Waals surface area contributed by atoms with E-state index in [2.05, 4.69) is 38.6 Å². The fraction of sp³-hybridized carbons (Fsp3) is 0.650. The monoisotopic (exact) mass is 561 g/mol. The van der Waals surface area contributed by atoms with Gasteiger partial charge in [0.05, 0.1) is 6.04 Å². The van der Waals surface area contributed by atoms with Crippen molar-refractivity contribution in [2.75, 3.05) is 18.8 Å². The smallest absolute Gasteiger partial charge is 0.327 e. The van der Waals surface area contributed by atoms with E-state index in [1.165, 1.54) is 0 Å². The fourth-order valence-electron chi connectivity index (χ4n) is 2.99. The van der Waals surface area contributed by atoms with Crippen molar-refractivity contribution < 1.29 is 29.1 Å². The molecule has 216 valence electrons. The lowest BCUT2D eigenvalue weighted by Gasteiger charge is -2.25. The summed E-state index contributed by atoms with van der Waals surface area (Å²) < 4.78 is 0. The predicted molar refractivity (Wildman–Crippen MR) is 144 cm³/mol. The molecule has 0 aromatic carbocycles. The molecular formula is C20H39N11O6S. The molecule has 0 saturated heterocycles. The van der Waals surface area contributed by atoms with Crippen LogP contribution >= 0.6 is 12.6 Å². The third-order valence-electron chi connectivity index (χ3n) is 4.99. The third-order valence-corrected chi connectivity index (χ3v) is 5.36. The SMILES string of the molecule is NC(=O)CCC(NC(=O)C(N)CCCN=C(N)N)C(=O)NC(CCCN=C(N)N)C(=O)NC(CS)C(=O)O. The van der Waals surface area contributed by atoms with Gasteiger partial charge in [0, 0.05) is 25.3 Å². The van der Waals surface area contributed by atoms with E-state index >= 15 is 0 Å². The number of nitrogens with two attached hydrogens (primary N) is 6. The number of carboxylic acid groups (broad SMARTS) is 1. The summed E-state index contributed by atoms with van der Waals surface area (Å²) in [4.78, 5) is 68.6. The molecule has 0 fully saturated rings. The average molecular weight is 562 g/mol. The zero-order valence-corrected chi connectivity index (χ0v) is 21.9. The van der Waals surface area contributed by atoms with Gasteiger partial charge in [-0.15, -0.1) is 0 Å². The average Bonchev–Trinajstić information content (AvgIpc) is 2.83. The van der Waals surface area contributed by atoms with Gasteiger partial charge >= 0.3 is 5.97 Å². The summed E-state index contributed by atoms with van der Waals surface area (Å²) in [5.74, 6) is -4.81. The number of primary amides is 1. The molecule has 0 aromatic heterocycles. The van der Waals surface area contributed by atoms with Gasteiger partial charge in [0.1, 0.15) is 18.1 Å². The highest BCUT2D eigenvalue weighted by molar-refractivity contribution is 7.80. The van der Waals surface area contributed by atoms with Gasteiger partial charge in [-0.1, -0.05) is 0 Å². The second kappa shape index (κ2) is 18.4. The molecule has 0 rings (SSSR count). The Bertz CT molecular complexity index is 878. The molecule has 4 atom stereocenters. The number of amides is 4. The first-order valence-corrected chi connectivity index (χ1v) is 12.3. The van der Waals surface area contributed by atoms with E-state index in [1.54, 1.807) is 0 Å². The van der Waals surface area contributed by atoms with Crippen LogP contribution in [0, 0.1) is 0 Å². The van der Waals surface area contributed by atoms with Gasteiger partial charge in [-0.3, -0.25) is 29.2 Å². The predicted octanol–water partition coefficient (Wildman–Crippen LogP) is -4.84. The highest BCUT2D eigenvalue weighted by Crippen LogP contribution is 2.05. The largest absolute Gasteiger partial charge is 0.480 e. The maximum atomic E-state index is 13.1. The molecule has 0 heterocycles. The first-order valence-electron chi connectivity index (χ1n) is 11.7. The summed E-state index contributed by atoms with van der Waals surface area (Å²) in [7, 11) is 0. The number of carbonyl (C=O) groups excluding carboxylic acids is 4. The van der Waals surface area contributed by atoms with Crippen LogP contribution in [-0.2, 0) is 24.0 Å². The standard InChI is InChI=1S/C20H39N11O6S/c21-10(3-1-7-27-19(23)24)15(33)29-12(5-6-14(22)32)17(35)30-11(4-2-8-28-20(25)26)16(34)31-13(9-38)18(36)37/h10-13,38H,1-9,21H2,(H2,22,32)(H,29,33)(H,30,35)(H,31,34)(H,36,37)(H4,23,24,27)(H4,25,26,28). The third kappa shape index (κ3) is 15.3. The highest BCUT2D eigenvalue weighted by Gasteiger charge is 2.30. The van der Waals surface area contributed by atoms with Crippen molar-refractivity contribution in [3.05, 3.63) is 0 Å². The van der Waals surface area contributed by atoms with Crippen molar-refractivity contribution in [2.24, 2.45) is 44.4 Å². The number of rotatable bonds is 19. The molecular weight excluding hydrogens is 522 g/mol. The Morgan fingerprint density at radius 2 is 1.16 bits per heavy atom. The number of carbonyl (C=O) groups is 5. The van der Waals surface area contributed by atoms with Crippen molar-refractivity contribution in [2.45, 2.75) is 62.7 Å². The van der Waals surface area contributed by atoms with E-state index in [-0.39, 0.29) is 62.9 Å². The van der Waals surface area contributed by atoms with Crippen LogP contribution in [0.3, 0.4) is 0 Å². The zero-order valence-electron chi connectivity index (χ0n) is 21.0. The van der Waals surface area contributed by atoms with Crippen LogP contribution in [-0.4, -0.2) is 89.6 Å². The van der Waals surface area contributed by atoms with Gasteiger partial charge in [0.2, 0.25) is 23.6 Å². The normalized spacial score (nSPS) is 13.6. The van der Waals surface area contributed by atoms with Crippen molar-refractivity contribution in [3.63, 3.8) is 0 Å². The summed E-state index contributed by atoms with van der Waals surface area (Å²) in [5, 5.41) is 16.4.